The zero-order chi connectivity index (χ0) is 13.8. The van der Waals surface area contributed by atoms with Crippen molar-refractivity contribution < 1.29 is 4.55 Å². The van der Waals surface area contributed by atoms with E-state index >= 15 is 0 Å². The number of nitrogens with zero attached hydrogens (tertiary/aromatic N) is 8. The Morgan fingerprint density at radius 3 is 2.47 bits per heavy atom. The maximum atomic E-state index is 12.0. The SMILES string of the molecule is CC(CC[S+]([O-])c1nnnn1C)Sc1nnnn1C. The highest BCUT2D eigenvalue weighted by atomic mass is 32.2. The number of rotatable bonds is 6. The lowest BCUT2D eigenvalue weighted by molar-refractivity contribution is 0.565. The van der Waals surface area contributed by atoms with E-state index in [-0.39, 0.29) is 5.25 Å². The Labute approximate surface area is 117 Å². The Bertz CT molecular complexity index is 528. The van der Waals surface area contributed by atoms with Crippen LogP contribution in [0.25, 0.3) is 0 Å². The molecule has 0 bridgehead atoms. The van der Waals surface area contributed by atoms with Crippen LogP contribution in [-0.4, -0.2) is 56.0 Å². The first-order valence-electron chi connectivity index (χ1n) is 5.57. The maximum Gasteiger partial charge on any atom is 0.360 e. The first kappa shape index (κ1) is 14.2. The van der Waals surface area contributed by atoms with Crippen molar-refractivity contribution in [2.75, 3.05) is 5.75 Å². The van der Waals surface area contributed by atoms with Crippen LogP contribution in [0, 0.1) is 0 Å². The van der Waals surface area contributed by atoms with Gasteiger partial charge in [0, 0.05) is 36.9 Å². The third-order valence-electron chi connectivity index (χ3n) is 2.38. The van der Waals surface area contributed by atoms with Gasteiger partial charge in [0.1, 0.15) is 5.75 Å². The summed E-state index contributed by atoms with van der Waals surface area (Å²) >= 11 is 0.371. The molecule has 2 aromatic heterocycles. The van der Waals surface area contributed by atoms with Crippen LogP contribution < -0.4 is 0 Å². The van der Waals surface area contributed by atoms with Gasteiger partial charge in [0.25, 0.3) is 0 Å². The quantitative estimate of drug-likeness (QED) is 0.514. The van der Waals surface area contributed by atoms with Crippen molar-refractivity contribution in [3.63, 3.8) is 0 Å². The zero-order valence-electron chi connectivity index (χ0n) is 10.8. The number of hydrogen-bond acceptors (Lipinski definition) is 8. The van der Waals surface area contributed by atoms with Gasteiger partial charge >= 0.3 is 5.16 Å². The standard InChI is InChI=1S/C8H14N8OS2/c1-6(18-7-9-11-13-15(7)2)4-5-19(17)8-10-12-14-16(8)3/h6H,4-5H2,1-3H3. The fourth-order valence-corrected chi connectivity index (χ4v) is 3.56. The molecule has 0 radical (unpaired) electrons. The number of tetrazole rings is 2. The number of aryl methyl sites for hydroxylation is 2. The molecule has 0 saturated heterocycles. The van der Waals surface area contributed by atoms with Gasteiger partial charge in [0.05, 0.1) is 0 Å². The molecule has 0 aliphatic carbocycles. The third-order valence-corrected chi connectivity index (χ3v) is 4.94. The minimum absolute atomic E-state index is 0.259. The molecule has 0 N–H and O–H groups in total. The van der Waals surface area contributed by atoms with E-state index in [1.807, 2.05) is 6.92 Å². The molecule has 9 nitrogen and oxygen atoms in total. The van der Waals surface area contributed by atoms with Gasteiger partial charge in [0.15, 0.2) is 0 Å². The maximum absolute atomic E-state index is 12.0. The molecule has 11 heteroatoms. The average Bonchev–Trinajstić information content (AvgIpc) is 2.96. The summed E-state index contributed by atoms with van der Waals surface area (Å²) in [6.45, 7) is 2.05. The normalized spacial score (nSPS) is 14.5. The van der Waals surface area contributed by atoms with Crippen LogP contribution in [0.1, 0.15) is 13.3 Å². The molecule has 2 heterocycles. The molecule has 0 amide bonds. The van der Waals surface area contributed by atoms with E-state index in [0.717, 1.165) is 11.6 Å². The van der Waals surface area contributed by atoms with E-state index in [1.54, 1.807) is 30.5 Å². The average molecular weight is 302 g/mol. The van der Waals surface area contributed by atoms with Gasteiger partial charge in [0.2, 0.25) is 5.16 Å². The topological polar surface area (TPSA) is 110 Å². The summed E-state index contributed by atoms with van der Waals surface area (Å²) in [5.41, 5.74) is 0. The molecule has 0 saturated carbocycles. The summed E-state index contributed by atoms with van der Waals surface area (Å²) in [7, 11) is 3.47. The van der Waals surface area contributed by atoms with Gasteiger partial charge in [-0.1, -0.05) is 23.8 Å². The van der Waals surface area contributed by atoms with E-state index in [1.165, 1.54) is 4.68 Å². The van der Waals surface area contributed by atoms with Crippen LogP contribution in [0.3, 0.4) is 0 Å². The molecule has 0 aromatic carbocycles. The minimum atomic E-state index is -1.18. The predicted molar refractivity (Wildman–Crippen MR) is 68.8 cm³/mol. The second-order valence-electron chi connectivity index (χ2n) is 3.94. The predicted octanol–water partition coefficient (Wildman–Crippen LogP) is -0.588. The van der Waals surface area contributed by atoms with Gasteiger partial charge in [-0.3, -0.25) is 0 Å². The fraction of sp³-hybridized carbons (Fsp3) is 0.750. The van der Waals surface area contributed by atoms with Crippen molar-refractivity contribution in [2.45, 2.75) is 28.9 Å². The molecule has 0 aliphatic rings. The zero-order valence-corrected chi connectivity index (χ0v) is 12.4. The Hall–Kier alpha value is -1.20. The van der Waals surface area contributed by atoms with Gasteiger partial charge in [-0.2, -0.15) is 4.68 Å². The van der Waals surface area contributed by atoms with Crippen LogP contribution in [0.2, 0.25) is 0 Å². The lowest BCUT2D eigenvalue weighted by Gasteiger charge is -2.11. The highest BCUT2D eigenvalue weighted by Crippen LogP contribution is 2.22. The van der Waals surface area contributed by atoms with Crippen molar-refractivity contribution in [1.82, 2.24) is 40.4 Å². The Kier molecular flexibility index (Phi) is 4.71. The molecule has 0 aliphatic heterocycles. The summed E-state index contributed by atoms with van der Waals surface area (Å²) in [5.74, 6) is 0.508. The second-order valence-corrected chi connectivity index (χ2v) is 6.81. The smallest absolute Gasteiger partial charge is 0.360 e. The first-order chi connectivity index (χ1) is 9.08. The van der Waals surface area contributed by atoms with E-state index in [4.69, 9.17) is 0 Å². The summed E-state index contributed by atoms with van der Waals surface area (Å²) in [4.78, 5) is 0. The lowest BCUT2D eigenvalue weighted by atomic mass is 10.4. The van der Waals surface area contributed by atoms with Gasteiger partial charge in [-0.25, -0.2) is 4.68 Å². The van der Waals surface area contributed by atoms with Crippen molar-refractivity contribution in [3.05, 3.63) is 0 Å². The molecule has 2 unspecified atom stereocenters. The van der Waals surface area contributed by atoms with Crippen molar-refractivity contribution in [1.29, 1.82) is 0 Å². The molecule has 0 fully saturated rings. The molecule has 2 atom stereocenters. The molecule has 2 rings (SSSR count). The van der Waals surface area contributed by atoms with E-state index < -0.39 is 11.2 Å². The Morgan fingerprint density at radius 2 is 1.89 bits per heavy atom. The van der Waals surface area contributed by atoms with Crippen LogP contribution in [0.15, 0.2) is 10.3 Å². The Morgan fingerprint density at radius 1 is 1.21 bits per heavy atom. The molecule has 104 valence electrons. The lowest BCUT2D eigenvalue weighted by Crippen LogP contribution is -2.16. The molecule has 0 spiro atoms. The number of aromatic nitrogens is 8. The highest BCUT2D eigenvalue weighted by molar-refractivity contribution is 7.99. The van der Waals surface area contributed by atoms with Gasteiger partial charge in [-0.05, 0) is 20.9 Å². The minimum Gasteiger partial charge on any atom is -0.609 e. The molecular weight excluding hydrogens is 288 g/mol. The van der Waals surface area contributed by atoms with Crippen molar-refractivity contribution in [2.24, 2.45) is 14.1 Å². The van der Waals surface area contributed by atoms with E-state index in [0.29, 0.717) is 10.9 Å². The largest absolute Gasteiger partial charge is 0.609 e. The summed E-state index contributed by atoms with van der Waals surface area (Å²) in [6.07, 6.45) is 0.761. The van der Waals surface area contributed by atoms with Crippen LogP contribution >= 0.6 is 11.8 Å². The summed E-state index contributed by atoms with van der Waals surface area (Å²) in [5, 5.41) is 23.5. The van der Waals surface area contributed by atoms with Crippen LogP contribution in [0.5, 0.6) is 0 Å². The monoisotopic (exact) mass is 302 g/mol. The molecule has 2 aromatic rings. The van der Waals surface area contributed by atoms with E-state index in [9.17, 15) is 4.55 Å². The molecular formula is C8H14N8OS2. The van der Waals surface area contributed by atoms with E-state index in [2.05, 4.69) is 31.1 Å². The van der Waals surface area contributed by atoms with Crippen LogP contribution in [-0.2, 0) is 25.3 Å². The van der Waals surface area contributed by atoms with Crippen molar-refractivity contribution in [3.8, 4) is 0 Å². The first-order valence-corrected chi connectivity index (χ1v) is 7.77. The third kappa shape index (κ3) is 3.64. The van der Waals surface area contributed by atoms with Crippen LogP contribution in [0.4, 0.5) is 0 Å². The van der Waals surface area contributed by atoms with Crippen molar-refractivity contribution >= 4 is 22.9 Å². The number of hydrogen-bond donors (Lipinski definition) is 0. The second kappa shape index (κ2) is 6.30. The highest BCUT2D eigenvalue weighted by Gasteiger charge is 2.20. The van der Waals surface area contributed by atoms with Gasteiger partial charge < -0.3 is 4.55 Å². The molecule has 19 heavy (non-hydrogen) atoms. The fourth-order valence-electron chi connectivity index (χ4n) is 1.34. The summed E-state index contributed by atoms with van der Waals surface area (Å²) < 4.78 is 15.0. The summed E-state index contributed by atoms with van der Waals surface area (Å²) in [6, 6.07) is 0. The number of thioether (sulfide) groups is 1. The Balaban J connectivity index is 1.82. The van der Waals surface area contributed by atoms with Gasteiger partial charge in [-0.15, -0.1) is 5.10 Å².